The maximum absolute atomic E-state index is 5.97. The van der Waals surface area contributed by atoms with Crippen LogP contribution in [0.3, 0.4) is 0 Å². The SMILES string of the molecule is CCCCCC(CN)N1CCC(N(CC)CC)C1. The van der Waals surface area contributed by atoms with Gasteiger partial charge in [0.25, 0.3) is 0 Å². The van der Waals surface area contributed by atoms with Crippen molar-refractivity contribution in [2.45, 2.75) is 65.0 Å². The topological polar surface area (TPSA) is 32.5 Å². The molecule has 1 rings (SSSR count). The van der Waals surface area contributed by atoms with E-state index >= 15 is 0 Å². The fourth-order valence-corrected chi connectivity index (χ4v) is 3.22. The third-order valence-electron chi connectivity index (χ3n) is 4.45. The van der Waals surface area contributed by atoms with E-state index in [1.54, 1.807) is 0 Å². The van der Waals surface area contributed by atoms with Gasteiger partial charge >= 0.3 is 0 Å². The Hall–Kier alpha value is -0.120. The zero-order valence-corrected chi connectivity index (χ0v) is 12.7. The summed E-state index contributed by atoms with van der Waals surface area (Å²) in [6, 6.07) is 1.39. The molecule has 1 heterocycles. The van der Waals surface area contributed by atoms with Crippen LogP contribution in [0.1, 0.15) is 52.9 Å². The number of nitrogens with two attached hydrogens (primary N) is 1. The fraction of sp³-hybridized carbons (Fsp3) is 1.00. The molecule has 0 radical (unpaired) electrons. The quantitative estimate of drug-likeness (QED) is 0.642. The Kier molecular flexibility index (Phi) is 7.87. The summed E-state index contributed by atoms with van der Waals surface area (Å²) in [4.78, 5) is 5.23. The first-order valence-corrected chi connectivity index (χ1v) is 7.94. The highest BCUT2D eigenvalue weighted by Crippen LogP contribution is 2.20. The number of rotatable bonds is 9. The van der Waals surface area contributed by atoms with E-state index in [2.05, 4.69) is 30.6 Å². The standard InChI is InChI=1S/C15H33N3/c1-4-7-8-9-14(12-16)18-11-10-15(13-18)17(5-2)6-3/h14-15H,4-13,16H2,1-3H3. The lowest BCUT2D eigenvalue weighted by Crippen LogP contribution is -2.42. The predicted molar refractivity (Wildman–Crippen MR) is 79.9 cm³/mol. The van der Waals surface area contributed by atoms with Gasteiger partial charge < -0.3 is 5.73 Å². The first kappa shape index (κ1) is 15.9. The summed E-state index contributed by atoms with van der Waals surface area (Å²) in [5, 5.41) is 0. The highest BCUT2D eigenvalue weighted by Gasteiger charge is 2.29. The van der Waals surface area contributed by atoms with Gasteiger partial charge in [0.2, 0.25) is 0 Å². The molecule has 0 bridgehead atoms. The molecule has 3 nitrogen and oxygen atoms in total. The highest BCUT2D eigenvalue weighted by molar-refractivity contribution is 4.87. The molecule has 1 fully saturated rings. The van der Waals surface area contributed by atoms with Crippen molar-refractivity contribution in [3.8, 4) is 0 Å². The van der Waals surface area contributed by atoms with Gasteiger partial charge in [-0.05, 0) is 25.9 Å². The van der Waals surface area contributed by atoms with Crippen LogP contribution in [0.5, 0.6) is 0 Å². The highest BCUT2D eigenvalue weighted by atomic mass is 15.3. The molecule has 1 aliphatic heterocycles. The van der Waals surface area contributed by atoms with Crippen LogP contribution in [-0.4, -0.2) is 54.6 Å². The smallest absolute Gasteiger partial charge is 0.0235 e. The Balaban J connectivity index is 2.37. The van der Waals surface area contributed by atoms with Crippen molar-refractivity contribution in [2.75, 3.05) is 32.7 Å². The van der Waals surface area contributed by atoms with Gasteiger partial charge in [0.15, 0.2) is 0 Å². The minimum absolute atomic E-state index is 0.622. The Labute approximate surface area is 114 Å². The van der Waals surface area contributed by atoms with Crippen LogP contribution in [0, 0.1) is 0 Å². The predicted octanol–water partition coefficient (Wildman–Crippen LogP) is 2.31. The van der Waals surface area contributed by atoms with E-state index in [-0.39, 0.29) is 0 Å². The lowest BCUT2D eigenvalue weighted by Gasteiger charge is -2.29. The zero-order valence-electron chi connectivity index (χ0n) is 12.7. The van der Waals surface area contributed by atoms with E-state index in [4.69, 9.17) is 5.73 Å². The molecular weight excluding hydrogens is 222 g/mol. The molecule has 0 spiro atoms. The molecule has 0 aromatic heterocycles. The number of likely N-dealkylation sites (tertiary alicyclic amines) is 1. The normalized spacial score (nSPS) is 22.8. The van der Waals surface area contributed by atoms with Crippen molar-refractivity contribution < 1.29 is 0 Å². The van der Waals surface area contributed by atoms with E-state index in [1.807, 2.05) is 0 Å². The van der Waals surface area contributed by atoms with Crippen molar-refractivity contribution in [3.63, 3.8) is 0 Å². The van der Waals surface area contributed by atoms with Gasteiger partial charge in [0.05, 0.1) is 0 Å². The van der Waals surface area contributed by atoms with E-state index in [1.165, 1.54) is 58.3 Å². The molecule has 0 saturated carbocycles. The Morgan fingerprint density at radius 1 is 1.22 bits per heavy atom. The van der Waals surface area contributed by atoms with Crippen molar-refractivity contribution in [1.82, 2.24) is 9.80 Å². The van der Waals surface area contributed by atoms with Crippen LogP contribution in [0.15, 0.2) is 0 Å². The van der Waals surface area contributed by atoms with E-state index in [9.17, 15) is 0 Å². The van der Waals surface area contributed by atoms with Crippen LogP contribution < -0.4 is 5.73 Å². The second-order valence-electron chi connectivity index (χ2n) is 5.54. The Morgan fingerprint density at radius 3 is 2.50 bits per heavy atom. The summed E-state index contributed by atoms with van der Waals surface area (Å²) in [6.45, 7) is 12.5. The summed E-state index contributed by atoms with van der Waals surface area (Å²) in [5.74, 6) is 0. The van der Waals surface area contributed by atoms with Gasteiger partial charge in [-0.25, -0.2) is 0 Å². The number of likely N-dealkylation sites (N-methyl/N-ethyl adjacent to an activating group) is 1. The molecular formula is C15H33N3. The average Bonchev–Trinajstić information content (AvgIpc) is 2.86. The van der Waals surface area contributed by atoms with Crippen LogP contribution in [0.2, 0.25) is 0 Å². The Morgan fingerprint density at radius 2 is 1.94 bits per heavy atom. The first-order valence-electron chi connectivity index (χ1n) is 7.94. The second-order valence-corrected chi connectivity index (χ2v) is 5.54. The minimum atomic E-state index is 0.622. The summed E-state index contributed by atoms with van der Waals surface area (Å²) in [7, 11) is 0. The maximum Gasteiger partial charge on any atom is 0.0235 e. The van der Waals surface area contributed by atoms with Crippen molar-refractivity contribution >= 4 is 0 Å². The maximum atomic E-state index is 5.97. The molecule has 2 atom stereocenters. The molecule has 0 aliphatic carbocycles. The monoisotopic (exact) mass is 255 g/mol. The Bertz CT molecular complexity index is 204. The van der Waals surface area contributed by atoms with Crippen molar-refractivity contribution in [3.05, 3.63) is 0 Å². The molecule has 0 aromatic carbocycles. The van der Waals surface area contributed by atoms with Gasteiger partial charge in [0.1, 0.15) is 0 Å². The molecule has 1 saturated heterocycles. The third-order valence-corrected chi connectivity index (χ3v) is 4.45. The lowest BCUT2D eigenvalue weighted by molar-refractivity contribution is 0.183. The minimum Gasteiger partial charge on any atom is -0.329 e. The molecule has 0 aromatic rings. The zero-order chi connectivity index (χ0) is 13.4. The molecule has 0 amide bonds. The van der Waals surface area contributed by atoms with Gasteiger partial charge in [-0.1, -0.05) is 40.0 Å². The summed E-state index contributed by atoms with van der Waals surface area (Å²) < 4.78 is 0. The van der Waals surface area contributed by atoms with Crippen LogP contribution in [0.25, 0.3) is 0 Å². The number of nitrogens with zero attached hydrogens (tertiary/aromatic N) is 2. The summed E-state index contributed by atoms with van der Waals surface area (Å²) in [6.07, 6.45) is 6.61. The van der Waals surface area contributed by atoms with Gasteiger partial charge in [-0.2, -0.15) is 0 Å². The molecule has 2 N–H and O–H groups in total. The first-order chi connectivity index (χ1) is 8.76. The van der Waals surface area contributed by atoms with E-state index in [0.717, 1.165) is 12.6 Å². The molecule has 3 heteroatoms. The number of hydrogen-bond acceptors (Lipinski definition) is 3. The third kappa shape index (κ3) is 4.52. The molecule has 1 aliphatic rings. The second kappa shape index (κ2) is 8.89. The van der Waals surface area contributed by atoms with Gasteiger partial charge in [-0.3, -0.25) is 9.80 Å². The van der Waals surface area contributed by atoms with Crippen molar-refractivity contribution in [1.29, 1.82) is 0 Å². The van der Waals surface area contributed by atoms with E-state index < -0.39 is 0 Å². The molecule has 2 unspecified atom stereocenters. The van der Waals surface area contributed by atoms with Crippen LogP contribution in [-0.2, 0) is 0 Å². The van der Waals surface area contributed by atoms with Crippen molar-refractivity contribution in [2.24, 2.45) is 5.73 Å². The van der Waals surface area contributed by atoms with E-state index in [0.29, 0.717) is 6.04 Å². The summed E-state index contributed by atoms with van der Waals surface area (Å²) >= 11 is 0. The average molecular weight is 255 g/mol. The lowest BCUT2D eigenvalue weighted by atomic mass is 10.1. The summed E-state index contributed by atoms with van der Waals surface area (Å²) in [5.41, 5.74) is 5.97. The van der Waals surface area contributed by atoms with Gasteiger partial charge in [-0.15, -0.1) is 0 Å². The molecule has 18 heavy (non-hydrogen) atoms. The van der Waals surface area contributed by atoms with Gasteiger partial charge in [0, 0.05) is 31.7 Å². The number of unbranched alkanes of at least 4 members (excludes halogenated alkanes) is 2. The largest absolute Gasteiger partial charge is 0.329 e. The van der Waals surface area contributed by atoms with Crippen LogP contribution >= 0.6 is 0 Å². The number of hydrogen-bond donors (Lipinski definition) is 1. The molecule has 108 valence electrons. The van der Waals surface area contributed by atoms with Crippen LogP contribution in [0.4, 0.5) is 0 Å². The fourth-order valence-electron chi connectivity index (χ4n) is 3.22.